The van der Waals surface area contributed by atoms with E-state index in [4.69, 9.17) is 16.3 Å². The van der Waals surface area contributed by atoms with Crippen LogP contribution in [0.1, 0.15) is 38.2 Å². The highest BCUT2D eigenvalue weighted by Gasteiger charge is 2.14. The van der Waals surface area contributed by atoms with Gasteiger partial charge in [-0.15, -0.1) is 0 Å². The van der Waals surface area contributed by atoms with E-state index in [2.05, 4.69) is 38.1 Å². The van der Waals surface area contributed by atoms with E-state index in [0.717, 1.165) is 29.2 Å². The molecule has 2 aromatic carbocycles. The molecule has 0 aliphatic carbocycles. The number of rotatable bonds is 5. The summed E-state index contributed by atoms with van der Waals surface area (Å²) < 4.78 is 5.33. The van der Waals surface area contributed by atoms with E-state index in [1.807, 2.05) is 18.2 Å². The molecule has 106 valence electrons. The molecule has 0 unspecified atom stereocenters. The minimum atomic E-state index is 0.563. The Kier molecular flexibility index (Phi) is 5.08. The lowest BCUT2D eigenvalue weighted by molar-refractivity contribution is 0.415. The maximum atomic E-state index is 6.20. The minimum Gasteiger partial charge on any atom is -0.497 e. The van der Waals surface area contributed by atoms with Gasteiger partial charge >= 0.3 is 0 Å². The predicted octanol–water partition coefficient (Wildman–Crippen LogP) is 5.92. The second kappa shape index (κ2) is 6.81. The molecule has 2 heteroatoms. The van der Waals surface area contributed by atoms with Crippen molar-refractivity contribution in [2.75, 3.05) is 7.11 Å². The summed E-state index contributed by atoms with van der Waals surface area (Å²) in [6.07, 6.45) is 2.27. The molecule has 2 aromatic rings. The normalized spacial score (nSPS) is 10.8. The minimum absolute atomic E-state index is 0.563. The first-order valence-electron chi connectivity index (χ1n) is 7.13. The monoisotopic (exact) mass is 288 g/mol. The van der Waals surface area contributed by atoms with Crippen molar-refractivity contribution < 1.29 is 4.74 Å². The highest BCUT2D eigenvalue weighted by atomic mass is 35.5. The number of hydrogen-bond donors (Lipinski definition) is 0. The maximum Gasteiger partial charge on any atom is 0.119 e. The number of methoxy groups -OCH3 is 1. The zero-order valence-electron chi connectivity index (χ0n) is 12.3. The summed E-state index contributed by atoms with van der Waals surface area (Å²) in [5.41, 5.74) is 3.74. The van der Waals surface area contributed by atoms with E-state index in [0.29, 0.717) is 5.92 Å². The zero-order chi connectivity index (χ0) is 14.5. The van der Waals surface area contributed by atoms with Gasteiger partial charge in [0, 0.05) is 5.02 Å². The smallest absolute Gasteiger partial charge is 0.119 e. The quantitative estimate of drug-likeness (QED) is 0.663. The maximum absolute atomic E-state index is 6.20. The summed E-state index contributed by atoms with van der Waals surface area (Å²) in [6, 6.07) is 14.4. The van der Waals surface area contributed by atoms with Crippen LogP contribution in [-0.2, 0) is 0 Å². The van der Waals surface area contributed by atoms with Gasteiger partial charge in [-0.1, -0.05) is 43.6 Å². The SMILES string of the molecule is CCC(CC)c1ccc(Cl)cc1-c1cccc(OC)c1. The van der Waals surface area contributed by atoms with E-state index >= 15 is 0 Å². The second-order valence-electron chi connectivity index (χ2n) is 4.98. The molecule has 1 nitrogen and oxygen atoms in total. The Balaban J connectivity index is 2.55. The Morgan fingerprint density at radius 3 is 2.45 bits per heavy atom. The van der Waals surface area contributed by atoms with Crippen molar-refractivity contribution in [1.82, 2.24) is 0 Å². The number of hydrogen-bond acceptors (Lipinski definition) is 1. The summed E-state index contributed by atoms with van der Waals surface area (Å²) in [4.78, 5) is 0. The van der Waals surface area contributed by atoms with Crippen LogP contribution in [0.25, 0.3) is 11.1 Å². The Hall–Kier alpha value is -1.47. The fraction of sp³-hybridized carbons (Fsp3) is 0.333. The van der Waals surface area contributed by atoms with Gasteiger partial charge in [0.25, 0.3) is 0 Å². The molecule has 20 heavy (non-hydrogen) atoms. The van der Waals surface area contributed by atoms with E-state index in [9.17, 15) is 0 Å². The van der Waals surface area contributed by atoms with Crippen LogP contribution >= 0.6 is 11.6 Å². The summed E-state index contributed by atoms with van der Waals surface area (Å²) >= 11 is 6.20. The van der Waals surface area contributed by atoms with Crippen molar-refractivity contribution in [2.45, 2.75) is 32.6 Å². The van der Waals surface area contributed by atoms with Crippen molar-refractivity contribution in [3.8, 4) is 16.9 Å². The molecule has 0 saturated heterocycles. The highest BCUT2D eigenvalue weighted by molar-refractivity contribution is 6.30. The fourth-order valence-corrected chi connectivity index (χ4v) is 2.83. The third kappa shape index (κ3) is 3.16. The topological polar surface area (TPSA) is 9.23 Å². The lowest BCUT2D eigenvalue weighted by Gasteiger charge is -2.18. The van der Waals surface area contributed by atoms with Gasteiger partial charge in [0.1, 0.15) is 5.75 Å². The van der Waals surface area contributed by atoms with Gasteiger partial charge in [-0.3, -0.25) is 0 Å². The number of halogens is 1. The second-order valence-corrected chi connectivity index (χ2v) is 5.41. The molecule has 0 amide bonds. The van der Waals surface area contributed by atoms with Gasteiger partial charge in [-0.25, -0.2) is 0 Å². The van der Waals surface area contributed by atoms with E-state index < -0.39 is 0 Å². The van der Waals surface area contributed by atoms with Crippen molar-refractivity contribution in [3.63, 3.8) is 0 Å². The Morgan fingerprint density at radius 2 is 1.80 bits per heavy atom. The Bertz CT molecular complexity index is 573. The summed E-state index contributed by atoms with van der Waals surface area (Å²) in [5, 5.41) is 0.775. The predicted molar refractivity (Wildman–Crippen MR) is 86.8 cm³/mol. The molecular formula is C18H21ClO. The molecule has 0 fully saturated rings. The van der Waals surface area contributed by atoms with Gasteiger partial charge in [-0.05, 0) is 59.7 Å². The van der Waals surface area contributed by atoms with Crippen molar-refractivity contribution in [2.24, 2.45) is 0 Å². The summed E-state index contributed by atoms with van der Waals surface area (Å²) in [7, 11) is 1.69. The van der Waals surface area contributed by atoms with Gasteiger partial charge in [0.05, 0.1) is 7.11 Å². The third-order valence-electron chi connectivity index (χ3n) is 3.82. The van der Waals surface area contributed by atoms with Gasteiger partial charge in [0.2, 0.25) is 0 Å². The average Bonchev–Trinajstić information content (AvgIpc) is 2.50. The lowest BCUT2D eigenvalue weighted by atomic mass is 9.87. The number of ether oxygens (including phenoxy) is 1. The molecule has 0 saturated carbocycles. The van der Waals surface area contributed by atoms with Gasteiger partial charge in [-0.2, -0.15) is 0 Å². The molecular weight excluding hydrogens is 268 g/mol. The van der Waals surface area contributed by atoms with E-state index in [1.165, 1.54) is 11.1 Å². The summed E-state index contributed by atoms with van der Waals surface area (Å²) in [5.74, 6) is 1.44. The lowest BCUT2D eigenvalue weighted by Crippen LogP contribution is -1.98. The molecule has 0 atom stereocenters. The first-order chi connectivity index (χ1) is 9.69. The molecule has 0 bridgehead atoms. The van der Waals surface area contributed by atoms with E-state index in [-0.39, 0.29) is 0 Å². The molecule has 2 rings (SSSR count). The molecule has 0 aliphatic heterocycles. The van der Waals surface area contributed by atoms with Crippen molar-refractivity contribution in [3.05, 3.63) is 53.1 Å². The third-order valence-corrected chi connectivity index (χ3v) is 4.06. The number of benzene rings is 2. The van der Waals surface area contributed by atoms with Crippen LogP contribution < -0.4 is 4.74 Å². The fourth-order valence-electron chi connectivity index (χ4n) is 2.65. The van der Waals surface area contributed by atoms with Crippen LogP contribution in [0.3, 0.4) is 0 Å². The van der Waals surface area contributed by atoms with Gasteiger partial charge < -0.3 is 4.74 Å². The summed E-state index contributed by atoms with van der Waals surface area (Å²) in [6.45, 7) is 4.47. The average molecular weight is 289 g/mol. The van der Waals surface area contributed by atoms with Crippen LogP contribution in [0, 0.1) is 0 Å². The molecule has 0 N–H and O–H groups in total. The first-order valence-corrected chi connectivity index (χ1v) is 7.51. The molecule has 0 spiro atoms. The molecule has 0 aromatic heterocycles. The van der Waals surface area contributed by atoms with Crippen LogP contribution in [-0.4, -0.2) is 7.11 Å². The van der Waals surface area contributed by atoms with Gasteiger partial charge in [0.15, 0.2) is 0 Å². The Morgan fingerprint density at radius 1 is 1.05 bits per heavy atom. The standard InChI is InChI=1S/C18H21ClO/c1-4-13(5-2)17-10-9-15(19)12-18(17)14-7-6-8-16(11-14)20-3/h6-13H,4-5H2,1-3H3. The molecule has 0 heterocycles. The van der Waals surface area contributed by atoms with E-state index in [1.54, 1.807) is 7.11 Å². The van der Waals surface area contributed by atoms with Crippen LogP contribution in [0.2, 0.25) is 5.02 Å². The molecule has 0 radical (unpaired) electrons. The highest BCUT2D eigenvalue weighted by Crippen LogP contribution is 2.35. The van der Waals surface area contributed by atoms with Crippen LogP contribution in [0.15, 0.2) is 42.5 Å². The zero-order valence-corrected chi connectivity index (χ0v) is 13.1. The first kappa shape index (κ1) is 14.9. The molecule has 0 aliphatic rings. The van der Waals surface area contributed by atoms with Crippen molar-refractivity contribution >= 4 is 11.6 Å². The largest absolute Gasteiger partial charge is 0.497 e. The Labute approximate surface area is 126 Å². The van der Waals surface area contributed by atoms with Crippen molar-refractivity contribution in [1.29, 1.82) is 0 Å². The van der Waals surface area contributed by atoms with Crippen LogP contribution in [0.4, 0.5) is 0 Å². The van der Waals surface area contributed by atoms with Crippen LogP contribution in [0.5, 0.6) is 5.75 Å².